The second-order valence-corrected chi connectivity index (χ2v) is 11.3. The van der Waals surface area contributed by atoms with Crippen molar-refractivity contribution in [2.24, 2.45) is 11.8 Å². The van der Waals surface area contributed by atoms with Crippen molar-refractivity contribution >= 4 is 17.7 Å². The standard InChI is InChI=1S/C30H30F2N4O4/c31-29(32)15-19-11-12-24(29)25(27(38)35-18(16-33)14-17-6-5-13-34-26(17)37)36(19)28(39)30(40)22-9-3-1-7-20(22)21-8-2-4-10-23(21)30/h1-4,7-10,17-19,24-25,40H,5-6,11-15H2,(H,34,37)(H,35,38)/t17-,18-,19-,24-,25+/m1/s1. The predicted octanol–water partition coefficient (Wildman–Crippen LogP) is 2.84. The second-order valence-electron chi connectivity index (χ2n) is 11.3. The minimum absolute atomic E-state index is 0.0351. The van der Waals surface area contributed by atoms with Gasteiger partial charge in [-0.1, -0.05) is 48.5 Å². The normalized spacial score (nSPS) is 28.1. The van der Waals surface area contributed by atoms with Crippen molar-refractivity contribution in [3.63, 3.8) is 0 Å². The summed E-state index contributed by atoms with van der Waals surface area (Å²) in [7, 11) is 0. The molecule has 1 saturated carbocycles. The van der Waals surface area contributed by atoms with Gasteiger partial charge >= 0.3 is 0 Å². The fraction of sp³-hybridized carbons (Fsp3) is 0.467. The zero-order valence-corrected chi connectivity index (χ0v) is 21.8. The molecule has 3 heterocycles. The number of piperidine rings is 3. The first-order valence-electron chi connectivity index (χ1n) is 13.8. The number of hydrogen-bond acceptors (Lipinski definition) is 5. The van der Waals surface area contributed by atoms with Crippen LogP contribution in [0.2, 0.25) is 0 Å². The molecule has 10 heteroatoms. The zero-order valence-electron chi connectivity index (χ0n) is 21.8. The van der Waals surface area contributed by atoms with Crippen LogP contribution < -0.4 is 10.6 Å². The van der Waals surface area contributed by atoms with E-state index in [0.717, 1.165) is 11.3 Å². The lowest BCUT2D eigenvalue weighted by molar-refractivity contribution is -0.201. The number of halogens is 2. The van der Waals surface area contributed by atoms with Crippen LogP contribution in [0.25, 0.3) is 11.1 Å². The number of carbonyl (C=O) groups is 3. The van der Waals surface area contributed by atoms with E-state index in [1.807, 2.05) is 6.07 Å². The lowest BCUT2D eigenvalue weighted by Gasteiger charge is -2.54. The number of rotatable bonds is 5. The summed E-state index contributed by atoms with van der Waals surface area (Å²) in [6.07, 6.45) is 1.06. The number of benzene rings is 2. The SMILES string of the molecule is N#C[C@@H](C[C@H]1CCCNC1=O)NC(=O)[C@@H]1[C@H]2CC[C@H](CC2(F)F)N1C(=O)C1(O)c2ccccc2-c2ccccc21. The van der Waals surface area contributed by atoms with Crippen LogP contribution in [0.1, 0.15) is 49.7 Å². The summed E-state index contributed by atoms with van der Waals surface area (Å²) in [5.74, 6) is -7.03. The van der Waals surface area contributed by atoms with E-state index in [1.165, 1.54) is 0 Å². The van der Waals surface area contributed by atoms with E-state index in [9.17, 15) is 24.8 Å². The lowest BCUT2D eigenvalue weighted by atomic mass is 9.70. The molecule has 208 valence electrons. The van der Waals surface area contributed by atoms with E-state index in [1.54, 1.807) is 48.5 Å². The van der Waals surface area contributed by atoms with E-state index < -0.39 is 59.7 Å². The highest BCUT2D eigenvalue weighted by Gasteiger charge is 2.63. The topological polar surface area (TPSA) is 123 Å². The van der Waals surface area contributed by atoms with Gasteiger partial charge in [-0.25, -0.2) is 8.78 Å². The van der Waals surface area contributed by atoms with E-state index in [4.69, 9.17) is 0 Å². The van der Waals surface area contributed by atoms with Crippen LogP contribution in [-0.2, 0) is 20.0 Å². The largest absolute Gasteiger partial charge is 0.372 e. The molecule has 2 aliphatic carbocycles. The maximum atomic E-state index is 15.2. The molecular formula is C30H30F2N4O4. The summed E-state index contributed by atoms with van der Waals surface area (Å²) < 4.78 is 30.5. The first kappa shape index (κ1) is 26.4. The van der Waals surface area contributed by atoms with Gasteiger partial charge in [-0.3, -0.25) is 14.4 Å². The molecule has 4 fully saturated rings. The summed E-state index contributed by atoms with van der Waals surface area (Å²) in [5, 5.41) is 27.2. The third kappa shape index (κ3) is 3.98. The Bertz CT molecular complexity index is 1380. The number of fused-ring (bicyclic) bond motifs is 6. The smallest absolute Gasteiger partial charge is 0.264 e. The Morgan fingerprint density at radius 2 is 1.75 bits per heavy atom. The zero-order chi connectivity index (χ0) is 28.2. The van der Waals surface area contributed by atoms with E-state index >= 15 is 8.78 Å². The summed E-state index contributed by atoms with van der Waals surface area (Å²) in [5.41, 5.74) is -0.151. The van der Waals surface area contributed by atoms with Crippen LogP contribution in [0, 0.1) is 23.2 Å². The van der Waals surface area contributed by atoms with E-state index in [0.29, 0.717) is 35.2 Å². The molecule has 2 aromatic carbocycles. The third-order valence-electron chi connectivity index (χ3n) is 9.06. The fourth-order valence-electron chi connectivity index (χ4n) is 7.17. The van der Waals surface area contributed by atoms with Crippen LogP contribution in [-0.4, -0.2) is 58.3 Å². The number of alkyl halides is 2. The molecule has 0 radical (unpaired) electrons. The molecule has 8 nitrogen and oxygen atoms in total. The quantitative estimate of drug-likeness (QED) is 0.531. The Hall–Kier alpha value is -3.84. The number of aliphatic hydroxyl groups is 1. The number of nitriles is 1. The monoisotopic (exact) mass is 548 g/mol. The van der Waals surface area contributed by atoms with Crippen molar-refractivity contribution in [3.05, 3.63) is 59.7 Å². The molecule has 0 aromatic heterocycles. The maximum absolute atomic E-state index is 15.2. The Labute approximate surface area is 230 Å². The van der Waals surface area contributed by atoms with Gasteiger partial charge in [0.25, 0.3) is 11.8 Å². The Morgan fingerprint density at radius 1 is 1.10 bits per heavy atom. The highest BCUT2D eigenvalue weighted by molar-refractivity contribution is 6.01. The van der Waals surface area contributed by atoms with E-state index in [-0.39, 0.29) is 25.2 Å². The second kappa shape index (κ2) is 9.66. The molecule has 3 amide bonds. The van der Waals surface area contributed by atoms with Crippen LogP contribution in [0.15, 0.2) is 48.5 Å². The Morgan fingerprint density at radius 3 is 2.35 bits per heavy atom. The molecule has 5 atom stereocenters. The molecule has 3 aliphatic heterocycles. The van der Waals surface area contributed by atoms with Gasteiger partial charge in [-0.2, -0.15) is 5.26 Å². The number of amides is 3. The van der Waals surface area contributed by atoms with Gasteiger partial charge in [-0.15, -0.1) is 0 Å². The molecule has 3 saturated heterocycles. The average molecular weight is 549 g/mol. The first-order valence-corrected chi connectivity index (χ1v) is 13.8. The number of hydrogen-bond donors (Lipinski definition) is 3. The highest BCUT2D eigenvalue weighted by atomic mass is 19.3. The van der Waals surface area contributed by atoms with Gasteiger partial charge in [-0.05, 0) is 43.2 Å². The number of carbonyl (C=O) groups excluding carboxylic acids is 3. The van der Waals surface area contributed by atoms with Crippen molar-refractivity contribution in [1.82, 2.24) is 15.5 Å². The summed E-state index contributed by atoms with van der Waals surface area (Å²) in [4.78, 5) is 41.5. The van der Waals surface area contributed by atoms with Crippen molar-refractivity contribution < 1.29 is 28.3 Å². The van der Waals surface area contributed by atoms with Crippen molar-refractivity contribution in [2.45, 2.75) is 68.2 Å². The Balaban J connectivity index is 1.35. The number of nitrogens with one attached hydrogen (secondary N) is 2. The van der Waals surface area contributed by atoms with Crippen LogP contribution in [0.5, 0.6) is 0 Å². The molecule has 2 aromatic rings. The average Bonchev–Trinajstić information content (AvgIpc) is 3.22. The predicted molar refractivity (Wildman–Crippen MR) is 139 cm³/mol. The molecule has 5 aliphatic rings. The molecule has 7 rings (SSSR count). The van der Waals surface area contributed by atoms with Gasteiger partial charge in [0.2, 0.25) is 11.8 Å². The van der Waals surface area contributed by atoms with Crippen LogP contribution >= 0.6 is 0 Å². The van der Waals surface area contributed by atoms with Gasteiger partial charge < -0.3 is 20.6 Å². The summed E-state index contributed by atoms with van der Waals surface area (Å²) in [6, 6.07) is 12.2. The molecule has 40 heavy (non-hydrogen) atoms. The van der Waals surface area contributed by atoms with Gasteiger partial charge in [0, 0.05) is 36.1 Å². The third-order valence-corrected chi connectivity index (χ3v) is 9.06. The van der Waals surface area contributed by atoms with Crippen molar-refractivity contribution in [1.29, 1.82) is 5.26 Å². The molecule has 0 spiro atoms. The molecule has 0 unspecified atom stereocenters. The lowest BCUT2D eigenvalue weighted by Crippen LogP contribution is -2.70. The van der Waals surface area contributed by atoms with Gasteiger partial charge in [0.15, 0.2) is 5.60 Å². The molecule has 3 N–H and O–H groups in total. The van der Waals surface area contributed by atoms with Gasteiger partial charge in [0.05, 0.1) is 12.0 Å². The minimum atomic E-state index is -3.19. The van der Waals surface area contributed by atoms with Crippen molar-refractivity contribution in [2.75, 3.05) is 6.54 Å². The maximum Gasteiger partial charge on any atom is 0.264 e. The highest BCUT2D eigenvalue weighted by Crippen LogP contribution is 2.53. The van der Waals surface area contributed by atoms with E-state index in [2.05, 4.69) is 10.6 Å². The fourth-order valence-corrected chi connectivity index (χ4v) is 7.17. The minimum Gasteiger partial charge on any atom is -0.372 e. The van der Waals surface area contributed by atoms with Crippen LogP contribution in [0.4, 0.5) is 8.78 Å². The summed E-state index contributed by atoms with van der Waals surface area (Å²) in [6.45, 7) is 0.547. The summed E-state index contributed by atoms with van der Waals surface area (Å²) >= 11 is 0. The molecule has 2 bridgehead atoms. The first-order chi connectivity index (χ1) is 19.2. The number of nitrogens with zero attached hydrogens (tertiary/aromatic N) is 2. The Kier molecular flexibility index (Phi) is 6.37. The molecular weight excluding hydrogens is 518 g/mol. The van der Waals surface area contributed by atoms with Crippen LogP contribution in [0.3, 0.4) is 0 Å². The van der Waals surface area contributed by atoms with Crippen molar-refractivity contribution in [3.8, 4) is 17.2 Å². The van der Waals surface area contributed by atoms with Gasteiger partial charge in [0.1, 0.15) is 12.1 Å².